The van der Waals surface area contributed by atoms with E-state index in [4.69, 9.17) is 4.74 Å². The minimum absolute atomic E-state index is 0.293. The predicted molar refractivity (Wildman–Crippen MR) is 78.4 cm³/mol. The van der Waals surface area contributed by atoms with Crippen molar-refractivity contribution in [2.75, 3.05) is 32.8 Å². The van der Waals surface area contributed by atoms with E-state index in [1.54, 1.807) is 0 Å². The van der Waals surface area contributed by atoms with Crippen LogP contribution < -0.4 is 5.32 Å². The molecule has 1 N–H and O–H groups in total. The van der Waals surface area contributed by atoms with E-state index in [1.807, 2.05) is 0 Å². The molecule has 0 aromatic carbocycles. The zero-order chi connectivity index (χ0) is 13.1. The summed E-state index contributed by atoms with van der Waals surface area (Å²) in [6, 6.07) is 0.779. The molecule has 3 heteroatoms. The van der Waals surface area contributed by atoms with Gasteiger partial charge in [0.2, 0.25) is 0 Å². The first-order chi connectivity index (χ1) is 9.31. The first kappa shape index (κ1) is 13.8. The van der Waals surface area contributed by atoms with Gasteiger partial charge in [-0.2, -0.15) is 0 Å². The van der Waals surface area contributed by atoms with Crippen molar-refractivity contribution in [3.8, 4) is 0 Å². The van der Waals surface area contributed by atoms with Crippen LogP contribution >= 0.6 is 0 Å². The molecule has 1 aliphatic carbocycles. The van der Waals surface area contributed by atoms with E-state index in [-0.39, 0.29) is 0 Å². The third-order valence-corrected chi connectivity index (χ3v) is 5.55. The minimum atomic E-state index is 0.293. The first-order valence-corrected chi connectivity index (χ1v) is 8.40. The molecule has 2 aliphatic heterocycles. The summed E-state index contributed by atoms with van der Waals surface area (Å²) in [5.74, 6) is 0.869. The van der Waals surface area contributed by atoms with Crippen LogP contribution in [0.1, 0.15) is 51.9 Å². The number of nitrogens with zero attached hydrogens (tertiary/aromatic N) is 1. The van der Waals surface area contributed by atoms with Crippen molar-refractivity contribution >= 4 is 0 Å². The van der Waals surface area contributed by atoms with Crippen LogP contribution in [-0.2, 0) is 4.74 Å². The van der Waals surface area contributed by atoms with Gasteiger partial charge in [-0.25, -0.2) is 0 Å². The molecule has 1 spiro atoms. The van der Waals surface area contributed by atoms with E-state index in [0.717, 1.165) is 18.6 Å². The molecule has 2 atom stereocenters. The van der Waals surface area contributed by atoms with Gasteiger partial charge in [0.25, 0.3) is 0 Å². The lowest BCUT2D eigenvalue weighted by molar-refractivity contribution is -0.149. The molecule has 3 fully saturated rings. The van der Waals surface area contributed by atoms with Gasteiger partial charge in [-0.05, 0) is 70.5 Å². The van der Waals surface area contributed by atoms with E-state index >= 15 is 0 Å². The molecule has 2 heterocycles. The molecule has 0 amide bonds. The molecular weight excluding hydrogens is 236 g/mol. The summed E-state index contributed by atoms with van der Waals surface area (Å²) in [4.78, 5) is 2.75. The largest absolute Gasteiger partial charge is 0.375 e. The summed E-state index contributed by atoms with van der Waals surface area (Å²) >= 11 is 0. The third-order valence-electron chi connectivity index (χ3n) is 5.55. The SMILES string of the molecule is CCN(CC1CCCNC1)C1CCOC2(CCC2)C1. The summed E-state index contributed by atoms with van der Waals surface area (Å²) in [7, 11) is 0. The van der Waals surface area contributed by atoms with Crippen LogP contribution in [0.3, 0.4) is 0 Å². The van der Waals surface area contributed by atoms with Gasteiger partial charge in [-0.3, -0.25) is 0 Å². The quantitative estimate of drug-likeness (QED) is 0.846. The van der Waals surface area contributed by atoms with Crippen LogP contribution in [0.25, 0.3) is 0 Å². The van der Waals surface area contributed by atoms with Crippen LogP contribution in [0.4, 0.5) is 0 Å². The van der Waals surface area contributed by atoms with Crippen LogP contribution in [0.15, 0.2) is 0 Å². The molecule has 0 aromatic heterocycles. The highest BCUT2D eigenvalue weighted by Crippen LogP contribution is 2.43. The zero-order valence-corrected chi connectivity index (χ0v) is 12.5. The fourth-order valence-electron chi connectivity index (χ4n) is 4.18. The highest BCUT2D eigenvalue weighted by atomic mass is 16.5. The fraction of sp³-hybridized carbons (Fsp3) is 1.00. The Bertz CT molecular complexity index is 284. The van der Waals surface area contributed by atoms with Crippen molar-refractivity contribution in [1.29, 1.82) is 0 Å². The van der Waals surface area contributed by atoms with Gasteiger partial charge in [0, 0.05) is 19.2 Å². The average Bonchev–Trinajstić information content (AvgIpc) is 2.44. The lowest BCUT2D eigenvalue weighted by Gasteiger charge is -2.50. The Balaban J connectivity index is 1.54. The fourth-order valence-corrected chi connectivity index (χ4v) is 4.18. The normalized spacial score (nSPS) is 34.4. The maximum Gasteiger partial charge on any atom is 0.0697 e. The molecular formula is C16H30N2O. The standard InChI is InChI=1S/C16H30N2O/c1-2-18(13-14-5-3-9-17-12-14)15-6-10-19-16(11-15)7-4-8-16/h14-15,17H,2-13H2,1H3. The monoisotopic (exact) mass is 266 g/mol. The van der Waals surface area contributed by atoms with Crippen LogP contribution in [-0.4, -0.2) is 49.3 Å². The molecule has 0 radical (unpaired) electrons. The molecule has 110 valence electrons. The van der Waals surface area contributed by atoms with Gasteiger partial charge in [0.1, 0.15) is 0 Å². The Hall–Kier alpha value is -0.120. The van der Waals surface area contributed by atoms with Crippen LogP contribution in [0.5, 0.6) is 0 Å². The Morgan fingerprint density at radius 3 is 2.79 bits per heavy atom. The van der Waals surface area contributed by atoms with E-state index in [0.29, 0.717) is 5.60 Å². The van der Waals surface area contributed by atoms with Gasteiger partial charge in [-0.15, -0.1) is 0 Å². The van der Waals surface area contributed by atoms with Crippen molar-refractivity contribution in [1.82, 2.24) is 10.2 Å². The minimum Gasteiger partial charge on any atom is -0.375 e. The first-order valence-electron chi connectivity index (χ1n) is 8.40. The zero-order valence-electron chi connectivity index (χ0n) is 12.5. The van der Waals surface area contributed by atoms with Crippen LogP contribution in [0, 0.1) is 5.92 Å². The number of rotatable bonds is 4. The number of hydrogen-bond donors (Lipinski definition) is 1. The average molecular weight is 266 g/mol. The summed E-state index contributed by atoms with van der Waals surface area (Å²) < 4.78 is 6.08. The van der Waals surface area contributed by atoms with Gasteiger partial charge in [-0.1, -0.05) is 6.92 Å². The van der Waals surface area contributed by atoms with Gasteiger partial charge < -0.3 is 15.0 Å². The van der Waals surface area contributed by atoms with E-state index in [1.165, 1.54) is 71.1 Å². The lowest BCUT2D eigenvalue weighted by Crippen LogP contribution is -2.53. The number of piperidine rings is 1. The summed E-state index contributed by atoms with van der Waals surface area (Å²) in [5, 5.41) is 3.55. The van der Waals surface area contributed by atoms with Gasteiger partial charge in [0.05, 0.1) is 5.60 Å². The maximum atomic E-state index is 6.08. The van der Waals surface area contributed by atoms with E-state index in [2.05, 4.69) is 17.1 Å². The molecule has 19 heavy (non-hydrogen) atoms. The molecule has 1 saturated carbocycles. The van der Waals surface area contributed by atoms with Crippen molar-refractivity contribution in [2.24, 2.45) is 5.92 Å². The number of nitrogens with one attached hydrogen (secondary N) is 1. The maximum absolute atomic E-state index is 6.08. The van der Waals surface area contributed by atoms with Crippen LogP contribution in [0.2, 0.25) is 0 Å². The second-order valence-electron chi connectivity index (χ2n) is 6.83. The highest BCUT2D eigenvalue weighted by molar-refractivity contribution is 4.96. The number of hydrogen-bond acceptors (Lipinski definition) is 3. The Kier molecular flexibility index (Phi) is 4.45. The molecule has 2 saturated heterocycles. The predicted octanol–water partition coefficient (Wildman–Crippen LogP) is 2.41. The number of ether oxygens (including phenoxy) is 1. The van der Waals surface area contributed by atoms with Gasteiger partial charge in [0.15, 0.2) is 0 Å². The van der Waals surface area contributed by atoms with E-state index < -0.39 is 0 Å². The summed E-state index contributed by atoms with van der Waals surface area (Å²) in [6.07, 6.45) is 9.32. The topological polar surface area (TPSA) is 24.5 Å². The van der Waals surface area contributed by atoms with Crippen molar-refractivity contribution in [2.45, 2.75) is 63.5 Å². The van der Waals surface area contributed by atoms with Crippen molar-refractivity contribution in [3.05, 3.63) is 0 Å². The molecule has 2 unspecified atom stereocenters. The Labute approximate surface area is 118 Å². The van der Waals surface area contributed by atoms with Crippen molar-refractivity contribution in [3.63, 3.8) is 0 Å². The van der Waals surface area contributed by atoms with Gasteiger partial charge >= 0.3 is 0 Å². The van der Waals surface area contributed by atoms with Crippen molar-refractivity contribution < 1.29 is 4.74 Å². The summed E-state index contributed by atoms with van der Waals surface area (Å²) in [5.41, 5.74) is 0.293. The molecule has 0 bridgehead atoms. The third kappa shape index (κ3) is 3.14. The molecule has 3 rings (SSSR count). The molecule has 3 aliphatic rings. The lowest BCUT2D eigenvalue weighted by atomic mass is 9.73. The molecule has 0 aromatic rings. The second-order valence-corrected chi connectivity index (χ2v) is 6.83. The Morgan fingerprint density at radius 2 is 2.16 bits per heavy atom. The van der Waals surface area contributed by atoms with E-state index in [9.17, 15) is 0 Å². The second kappa shape index (κ2) is 6.11. The smallest absolute Gasteiger partial charge is 0.0697 e. The Morgan fingerprint density at radius 1 is 1.26 bits per heavy atom. The highest BCUT2D eigenvalue weighted by Gasteiger charge is 2.43. The molecule has 3 nitrogen and oxygen atoms in total. The summed E-state index contributed by atoms with van der Waals surface area (Å²) in [6.45, 7) is 8.28.